The number of aliphatic hydroxyl groups excluding tert-OH is 1. The highest BCUT2D eigenvalue weighted by molar-refractivity contribution is 7.89. The van der Waals surface area contributed by atoms with E-state index in [4.69, 9.17) is 23.3 Å². The number of aliphatic hydroxyl groups is 1. The van der Waals surface area contributed by atoms with Crippen molar-refractivity contribution in [3.8, 4) is 5.75 Å². The Bertz CT molecular complexity index is 1910. The number of nitrogens with zero attached hydrogens (tertiary/aromatic N) is 1. The van der Waals surface area contributed by atoms with Crippen LogP contribution in [0, 0.1) is 11.8 Å². The molecule has 0 saturated carbocycles. The number of alkyl carbamates (subject to hydrolysis) is 1. The van der Waals surface area contributed by atoms with Gasteiger partial charge in [0.05, 0.1) is 30.8 Å². The maximum Gasteiger partial charge on any atom is 0.407 e. The van der Waals surface area contributed by atoms with Gasteiger partial charge in [-0.1, -0.05) is 105 Å². The molecule has 0 radical (unpaired) electrons. The molecule has 14 heteroatoms. The highest BCUT2D eigenvalue weighted by Crippen LogP contribution is 2.49. The van der Waals surface area contributed by atoms with Crippen LogP contribution < -0.4 is 10.1 Å². The molecule has 1 aliphatic rings. The van der Waals surface area contributed by atoms with Gasteiger partial charge in [-0.2, -0.15) is 4.31 Å². The molecule has 1 heterocycles. The van der Waals surface area contributed by atoms with E-state index in [1.54, 1.807) is 42.5 Å². The van der Waals surface area contributed by atoms with Crippen LogP contribution in [0.1, 0.15) is 50.3 Å². The van der Waals surface area contributed by atoms with Crippen molar-refractivity contribution in [1.82, 2.24) is 9.62 Å². The van der Waals surface area contributed by atoms with Gasteiger partial charge in [0.1, 0.15) is 11.9 Å². The molecule has 0 spiro atoms. The smallest absolute Gasteiger partial charge is 0.407 e. The van der Waals surface area contributed by atoms with E-state index in [-0.39, 0.29) is 62.2 Å². The molecule has 0 aromatic heterocycles. The minimum absolute atomic E-state index is 0.0528. The van der Waals surface area contributed by atoms with Crippen molar-refractivity contribution in [2.24, 2.45) is 11.8 Å². The van der Waals surface area contributed by atoms with Crippen molar-refractivity contribution >= 4 is 23.7 Å². The lowest BCUT2D eigenvalue weighted by molar-refractivity contribution is 0.0644. The lowest BCUT2D eigenvalue weighted by atomic mass is 9.96. The van der Waals surface area contributed by atoms with Gasteiger partial charge < -0.3 is 33.7 Å². The molecule has 4 aromatic carbocycles. The molecule has 4 aromatic rings. The van der Waals surface area contributed by atoms with Crippen molar-refractivity contribution < 1.29 is 46.1 Å². The molecule has 1 saturated heterocycles. The van der Waals surface area contributed by atoms with Gasteiger partial charge in [-0.05, 0) is 73.1 Å². The molecule has 2 N–H and O–H groups in total. The molecule has 1 fully saturated rings. The Morgan fingerprint density at radius 1 is 0.877 bits per heavy atom. The van der Waals surface area contributed by atoms with Crippen LogP contribution in [0.3, 0.4) is 0 Å². The number of carbonyl (C=O) groups is 1. The predicted octanol–water partition coefficient (Wildman–Crippen LogP) is 7.81. The summed E-state index contributed by atoms with van der Waals surface area (Å²) in [4.78, 5) is 13.6. The zero-order valence-corrected chi connectivity index (χ0v) is 34.6. The first-order valence-corrected chi connectivity index (χ1v) is 22.5. The van der Waals surface area contributed by atoms with Crippen LogP contribution in [0.5, 0.6) is 5.75 Å². The number of sulfonamides is 1. The van der Waals surface area contributed by atoms with Crippen LogP contribution in [0.25, 0.3) is 0 Å². The molecule has 4 atom stereocenters. The summed E-state index contributed by atoms with van der Waals surface area (Å²) in [6, 6.07) is 33.8. The van der Waals surface area contributed by atoms with Crippen molar-refractivity contribution in [2.75, 3.05) is 32.7 Å². The molecule has 0 unspecified atom stereocenters. The number of hydrogen-bond acceptors (Lipinski definition) is 10. The Kier molecular flexibility index (Phi) is 16.7. The zero-order valence-electron chi connectivity index (χ0n) is 32.9. The second-order valence-corrected chi connectivity index (χ2v) is 18.5. The number of nitrogens with one attached hydrogen (secondary N) is 1. The van der Waals surface area contributed by atoms with Crippen LogP contribution >= 0.6 is 7.60 Å². The van der Waals surface area contributed by atoms with Crippen LogP contribution in [0.15, 0.2) is 120 Å². The largest absolute Gasteiger partial charge is 0.481 e. The predicted molar refractivity (Wildman–Crippen MR) is 218 cm³/mol. The Balaban J connectivity index is 1.28. The molecular weight excluding hydrogens is 768 g/mol. The Morgan fingerprint density at radius 2 is 1.46 bits per heavy atom. The Labute approximate surface area is 337 Å². The first-order valence-electron chi connectivity index (χ1n) is 19.4. The highest BCUT2D eigenvalue weighted by Gasteiger charge is 2.37. The van der Waals surface area contributed by atoms with Gasteiger partial charge >= 0.3 is 13.7 Å². The van der Waals surface area contributed by atoms with Gasteiger partial charge in [0.2, 0.25) is 10.0 Å². The maximum absolute atomic E-state index is 13.9. The molecule has 1 amide bonds. The van der Waals surface area contributed by atoms with E-state index in [1.807, 2.05) is 93.6 Å². The molecule has 0 bridgehead atoms. The molecule has 12 nitrogen and oxygen atoms in total. The second-order valence-electron chi connectivity index (χ2n) is 14.6. The van der Waals surface area contributed by atoms with Gasteiger partial charge in [-0.25, -0.2) is 13.2 Å². The lowest BCUT2D eigenvalue weighted by Crippen LogP contribution is -2.43. The monoisotopic (exact) mass is 822 g/mol. The van der Waals surface area contributed by atoms with E-state index in [1.165, 1.54) is 4.31 Å². The molecule has 0 aliphatic carbocycles. The van der Waals surface area contributed by atoms with Gasteiger partial charge in [0.15, 0.2) is 6.35 Å². The van der Waals surface area contributed by atoms with Crippen LogP contribution in [0.2, 0.25) is 0 Å². The minimum atomic E-state index is -3.81. The van der Waals surface area contributed by atoms with E-state index in [0.29, 0.717) is 31.6 Å². The summed E-state index contributed by atoms with van der Waals surface area (Å²) in [5, 5.41) is 12.5. The van der Waals surface area contributed by atoms with E-state index in [9.17, 15) is 22.9 Å². The molecule has 308 valence electrons. The van der Waals surface area contributed by atoms with Crippen LogP contribution in [0.4, 0.5) is 4.79 Å². The van der Waals surface area contributed by atoms with Crippen LogP contribution in [-0.4, -0.2) is 74.8 Å². The van der Waals surface area contributed by atoms with E-state index in [0.717, 1.165) is 16.7 Å². The van der Waals surface area contributed by atoms with E-state index >= 15 is 0 Å². The number of benzene rings is 4. The van der Waals surface area contributed by atoms with Gasteiger partial charge in [0, 0.05) is 31.7 Å². The lowest BCUT2D eigenvalue weighted by Gasteiger charge is -2.27. The molecule has 5 rings (SSSR count). The molecule has 57 heavy (non-hydrogen) atoms. The summed E-state index contributed by atoms with van der Waals surface area (Å²) in [5.74, 6) is 0.354. The van der Waals surface area contributed by atoms with Gasteiger partial charge in [-0.15, -0.1) is 0 Å². The summed E-state index contributed by atoms with van der Waals surface area (Å²) in [6.07, 6.45) is -0.564. The molecule has 1 aliphatic heterocycles. The van der Waals surface area contributed by atoms with Gasteiger partial charge in [-0.3, -0.25) is 4.57 Å². The van der Waals surface area contributed by atoms with Crippen molar-refractivity contribution in [2.45, 2.75) is 76.4 Å². The summed E-state index contributed by atoms with van der Waals surface area (Å²) < 4.78 is 72.1. The number of rotatable bonds is 22. The number of amides is 1. The first-order chi connectivity index (χ1) is 27.4. The average Bonchev–Trinajstić information content (AvgIpc) is 3.56. The molecular formula is C43H55N2O10PS. The van der Waals surface area contributed by atoms with E-state index in [2.05, 4.69) is 5.32 Å². The second kappa shape index (κ2) is 21.6. The fourth-order valence-electron chi connectivity index (χ4n) is 6.57. The maximum atomic E-state index is 13.9. The third-order valence-corrected chi connectivity index (χ3v) is 13.0. The van der Waals surface area contributed by atoms with Crippen molar-refractivity contribution in [1.29, 1.82) is 0 Å². The third kappa shape index (κ3) is 13.8. The number of carbonyl (C=O) groups excluding carboxylic acids is 1. The highest BCUT2D eigenvalue weighted by atomic mass is 32.2. The fourth-order valence-corrected chi connectivity index (χ4v) is 9.44. The third-order valence-electron chi connectivity index (χ3n) is 9.66. The fraction of sp³-hybridized carbons (Fsp3) is 0.419. The summed E-state index contributed by atoms with van der Waals surface area (Å²) in [6.45, 7) is 6.61. The average molecular weight is 823 g/mol. The van der Waals surface area contributed by atoms with Crippen molar-refractivity contribution in [3.05, 3.63) is 132 Å². The van der Waals surface area contributed by atoms with E-state index < -0.39 is 35.9 Å². The minimum Gasteiger partial charge on any atom is -0.481 e. The Morgan fingerprint density at radius 3 is 2.02 bits per heavy atom. The summed E-state index contributed by atoms with van der Waals surface area (Å²) in [7, 11) is -7.52. The first kappa shape index (κ1) is 44.0. The van der Waals surface area contributed by atoms with Crippen molar-refractivity contribution in [3.63, 3.8) is 0 Å². The summed E-state index contributed by atoms with van der Waals surface area (Å²) in [5.41, 5.74) is 2.53. The normalized spacial score (nSPS) is 17.8. The zero-order chi connectivity index (χ0) is 40.7. The Hall–Kier alpha value is -4.07. The quantitative estimate of drug-likeness (QED) is 0.0752. The summed E-state index contributed by atoms with van der Waals surface area (Å²) >= 11 is 0. The SMILES string of the molecule is CC(C)CN(CC[C@H](Cc1ccc(OCP(=O)(OCc2ccccc2)OCc2ccccc2)cc1)NC(=O)O[C@H]1CO[C@@H](C)[C@H]1CCO)S(=O)(=O)c1ccccc1. The topological polar surface area (TPSA) is 150 Å². The van der Waals surface area contributed by atoms with Crippen LogP contribution in [-0.2, 0) is 52.7 Å². The standard InChI is InChI=1S/C43H55N2O10PS/c1-33(2)28-45(57(49,50)40-17-11-6-12-18-40)25-23-38(44-43(47)55-42-31-51-34(3)41(42)24-26-46)27-35-19-21-39(22-20-35)52-32-56(48,53-29-36-13-7-4-8-14-36)54-30-37-15-9-5-10-16-37/h4-22,33-34,38,41-42,46H,23-32H2,1-3H3,(H,44,47)/t34-,38+,41+,42-/m0/s1. The van der Waals surface area contributed by atoms with Gasteiger partial charge in [0.25, 0.3) is 0 Å². The number of ether oxygens (including phenoxy) is 3. The number of hydrogen-bond donors (Lipinski definition) is 2.